The van der Waals surface area contributed by atoms with E-state index >= 15 is 0 Å². The predicted octanol–water partition coefficient (Wildman–Crippen LogP) is 4.66. The number of carbonyl (C=O) groups is 1. The second-order valence-electron chi connectivity index (χ2n) is 5.05. The lowest BCUT2D eigenvalue weighted by Gasteiger charge is -2.16. The largest absolute Gasteiger partial charge is 0.325 e. The van der Waals surface area contributed by atoms with Gasteiger partial charge >= 0.3 is 0 Å². The van der Waals surface area contributed by atoms with Crippen LogP contribution < -0.4 is 5.32 Å². The first kappa shape index (κ1) is 13.5. The van der Waals surface area contributed by atoms with Gasteiger partial charge in [-0.1, -0.05) is 41.4 Å². The normalized spacial score (nSPS) is 15.7. The first-order chi connectivity index (χ1) is 9.60. The molecule has 0 spiro atoms. The van der Waals surface area contributed by atoms with Crippen molar-refractivity contribution in [3.63, 3.8) is 0 Å². The van der Waals surface area contributed by atoms with E-state index in [4.69, 9.17) is 23.2 Å². The van der Waals surface area contributed by atoms with Crippen molar-refractivity contribution in [1.29, 1.82) is 0 Å². The van der Waals surface area contributed by atoms with Crippen molar-refractivity contribution in [3.05, 3.63) is 64.1 Å². The van der Waals surface area contributed by atoms with E-state index in [9.17, 15) is 4.79 Å². The number of carbonyl (C=O) groups excluding carboxylic acids is 1. The summed E-state index contributed by atoms with van der Waals surface area (Å²) in [6.07, 6.45) is 1.72. The Morgan fingerprint density at radius 3 is 2.30 bits per heavy atom. The molecule has 1 amide bonds. The lowest BCUT2D eigenvalue weighted by atomic mass is 9.95. The van der Waals surface area contributed by atoms with E-state index in [0.717, 1.165) is 24.1 Å². The van der Waals surface area contributed by atoms with E-state index in [1.54, 1.807) is 12.1 Å². The molecule has 2 aromatic carbocycles. The average Bonchev–Trinajstić information content (AvgIpc) is 3.21. The van der Waals surface area contributed by atoms with Crippen molar-refractivity contribution in [2.24, 2.45) is 0 Å². The van der Waals surface area contributed by atoms with Crippen LogP contribution in [-0.2, 0) is 10.2 Å². The van der Waals surface area contributed by atoms with Crippen LogP contribution in [0.1, 0.15) is 18.4 Å². The van der Waals surface area contributed by atoms with Crippen LogP contribution in [-0.4, -0.2) is 5.91 Å². The summed E-state index contributed by atoms with van der Waals surface area (Å²) in [5.74, 6) is 0.0158. The topological polar surface area (TPSA) is 29.1 Å². The molecule has 4 heteroatoms. The zero-order valence-electron chi connectivity index (χ0n) is 10.7. The van der Waals surface area contributed by atoms with Crippen LogP contribution in [0.25, 0.3) is 0 Å². The van der Waals surface area contributed by atoms with Gasteiger partial charge in [-0.05, 0) is 48.7 Å². The number of amides is 1. The van der Waals surface area contributed by atoms with Crippen molar-refractivity contribution in [3.8, 4) is 0 Å². The van der Waals surface area contributed by atoms with Gasteiger partial charge in [-0.25, -0.2) is 0 Å². The van der Waals surface area contributed by atoms with Crippen LogP contribution >= 0.6 is 23.2 Å². The summed E-state index contributed by atoms with van der Waals surface area (Å²) in [4.78, 5) is 12.5. The highest BCUT2D eigenvalue weighted by molar-refractivity contribution is 6.31. The van der Waals surface area contributed by atoms with E-state index in [1.165, 1.54) is 0 Å². The van der Waals surface area contributed by atoms with Crippen molar-refractivity contribution in [2.45, 2.75) is 18.3 Å². The van der Waals surface area contributed by atoms with Gasteiger partial charge in [0.25, 0.3) is 0 Å². The lowest BCUT2D eigenvalue weighted by Crippen LogP contribution is -2.27. The predicted molar refractivity (Wildman–Crippen MR) is 82.4 cm³/mol. The fourth-order valence-electron chi connectivity index (χ4n) is 2.36. The molecule has 1 fully saturated rings. The third-order valence-electron chi connectivity index (χ3n) is 3.66. The Kier molecular flexibility index (Phi) is 3.45. The molecule has 0 radical (unpaired) electrons. The molecule has 0 aromatic heterocycles. The zero-order valence-corrected chi connectivity index (χ0v) is 12.2. The van der Waals surface area contributed by atoms with Crippen molar-refractivity contribution >= 4 is 34.8 Å². The molecule has 1 N–H and O–H groups in total. The molecular formula is C16H13Cl2NO. The van der Waals surface area contributed by atoms with Crippen LogP contribution in [0.5, 0.6) is 0 Å². The van der Waals surface area contributed by atoms with E-state index in [2.05, 4.69) is 5.32 Å². The SMILES string of the molecule is O=C(Nc1cccc(Cl)c1)C1(c2ccc(Cl)cc2)CC1. The molecule has 0 bridgehead atoms. The van der Waals surface area contributed by atoms with Crippen LogP contribution in [0.2, 0.25) is 10.0 Å². The molecule has 1 aliphatic carbocycles. The summed E-state index contributed by atoms with van der Waals surface area (Å²) in [5, 5.41) is 4.23. The Morgan fingerprint density at radius 1 is 1.00 bits per heavy atom. The Morgan fingerprint density at radius 2 is 1.70 bits per heavy atom. The van der Waals surface area contributed by atoms with E-state index < -0.39 is 5.41 Å². The number of rotatable bonds is 3. The van der Waals surface area contributed by atoms with Gasteiger partial charge in [0.2, 0.25) is 5.91 Å². The Hall–Kier alpha value is -1.51. The fourth-order valence-corrected chi connectivity index (χ4v) is 2.67. The molecule has 102 valence electrons. The minimum absolute atomic E-state index is 0.0158. The molecule has 1 saturated carbocycles. The molecule has 2 aromatic rings. The Labute approximate surface area is 127 Å². The summed E-state index contributed by atoms with van der Waals surface area (Å²) in [6.45, 7) is 0. The number of anilines is 1. The molecule has 0 saturated heterocycles. The summed E-state index contributed by atoms with van der Waals surface area (Å²) < 4.78 is 0. The summed E-state index contributed by atoms with van der Waals surface area (Å²) in [5.41, 5.74) is 1.33. The van der Waals surface area contributed by atoms with Gasteiger partial charge in [0, 0.05) is 15.7 Å². The molecule has 3 rings (SSSR count). The molecule has 20 heavy (non-hydrogen) atoms. The first-order valence-electron chi connectivity index (χ1n) is 6.43. The number of nitrogens with one attached hydrogen (secondary N) is 1. The average molecular weight is 306 g/mol. The quantitative estimate of drug-likeness (QED) is 0.877. The second-order valence-corrected chi connectivity index (χ2v) is 5.93. The molecule has 1 aliphatic rings. The van der Waals surface area contributed by atoms with Crippen LogP contribution in [0.3, 0.4) is 0 Å². The fraction of sp³-hybridized carbons (Fsp3) is 0.188. The van der Waals surface area contributed by atoms with Gasteiger partial charge in [-0.2, -0.15) is 0 Å². The van der Waals surface area contributed by atoms with Gasteiger partial charge < -0.3 is 5.32 Å². The molecule has 0 heterocycles. The highest BCUT2D eigenvalue weighted by Gasteiger charge is 2.51. The maximum absolute atomic E-state index is 12.5. The van der Waals surface area contributed by atoms with Crippen LogP contribution in [0, 0.1) is 0 Å². The third kappa shape index (κ3) is 2.54. The lowest BCUT2D eigenvalue weighted by molar-refractivity contribution is -0.118. The maximum Gasteiger partial charge on any atom is 0.235 e. The number of benzene rings is 2. The van der Waals surface area contributed by atoms with Crippen molar-refractivity contribution < 1.29 is 4.79 Å². The van der Waals surface area contributed by atoms with Gasteiger partial charge in [0.15, 0.2) is 0 Å². The number of hydrogen-bond donors (Lipinski definition) is 1. The monoisotopic (exact) mass is 305 g/mol. The van der Waals surface area contributed by atoms with Gasteiger partial charge in [0.05, 0.1) is 5.41 Å². The van der Waals surface area contributed by atoms with Gasteiger partial charge in [0.1, 0.15) is 0 Å². The molecule has 0 atom stereocenters. The van der Waals surface area contributed by atoms with Crippen LogP contribution in [0.15, 0.2) is 48.5 Å². The van der Waals surface area contributed by atoms with Gasteiger partial charge in [-0.3, -0.25) is 4.79 Å². The van der Waals surface area contributed by atoms with E-state index in [0.29, 0.717) is 10.0 Å². The Bertz CT molecular complexity index is 648. The van der Waals surface area contributed by atoms with E-state index in [1.807, 2.05) is 36.4 Å². The molecule has 0 aliphatic heterocycles. The smallest absolute Gasteiger partial charge is 0.235 e. The highest BCUT2D eigenvalue weighted by Crippen LogP contribution is 2.49. The minimum Gasteiger partial charge on any atom is -0.325 e. The van der Waals surface area contributed by atoms with Gasteiger partial charge in [-0.15, -0.1) is 0 Å². The Balaban J connectivity index is 1.81. The maximum atomic E-state index is 12.5. The van der Waals surface area contributed by atoms with Crippen molar-refractivity contribution in [1.82, 2.24) is 0 Å². The number of hydrogen-bond acceptors (Lipinski definition) is 1. The van der Waals surface area contributed by atoms with Crippen molar-refractivity contribution in [2.75, 3.05) is 5.32 Å². The standard InChI is InChI=1S/C16H13Cl2NO/c17-12-6-4-11(5-7-12)16(8-9-16)15(20)19-14-3-1-2-13(18)10-14/h1-7,10H,8-9H2,(H,19,20). The zero-order chi connectivity index (χ0) is 14.2. The summed E-state index contributed by atoms with van der Waals surface area (Å²) in [6, 6.07) is 14.7. The van der Waals surface area contributed by atoms with Crippen LogP contribution in [0.4, 0.5) is 5.69 Å². The van der Waals surface area contributed by atoms with E-state index in [-0.39, 0.29) is 5.91 Å². The summed E-state index contributed by atoms with van der Waals surface area (Å²) in [7, 11) is 0. The molecule has 0 unspecified atom stereocenters. The third-order valence-corrected chi connectivity index (χ3v) is 4.15. The highest BCUT2D eigenvalue weighted by atomic mass is 35.5. The molecular weight excluding hydrogens is 293 g/mol. The summed E-state index contributed by atoms with van der Waals surface area (Å²) >= 11 is 11.8. The second kappa shape index (κ2) is 5.12. The minimum atomic E-state index is -0.410. The molecule has 2 nitrogen and oxygen atoms in total. The first-order valence-corrected chi connectivity index (χ1v) is 7.19. The number of halogens is 2.